The molecule has 0 aliphatic carbocycles. The van der Waals surface area contributed by atoms with E-state index in [1.54, 1.807) is 48.5 Å². The third-order valence-electron chi connectivity index (χ3n) is 11.5. The van der Waals surface area contributed by atoms with Gasteiger partial charge < -0.3 is 62.8 Å². The van der Waals surface area contributed by atoms with Gasteiger partial charge in [0.05, 0.1) is 0 Å². The van der Waals surface area contributed by atoms with Crippen LogP contribution in [0.1, 0.15) is 25.0 Å². The fraction of sp³-hybridized carbons (Fsp3) is 0.0476. The minimum absolute atomic E-state index is 0.167. The number of ether oxygens (including phenoxy) is 6. The van der Waals surface area contributed by atoms with E-state index in [0.29, 0.717) is 45.6 Å². The molecular weight excluding hydrogens is 937 g/mol. The van der Waals surface area contributed by atoms with Gasteiger partial charge in [0.25, 0.3) is 0 Å². The number of hydrogen-bond donors (Lipinski definition) is 6. The molecule has 0 radical (unpaired) electrons. The number of benzene rings is 10. The lowest BCUT2D eigenvalue weighted by Crippen LogP contribution is -2.18. The van der Waals surface area contributed by atoms with Gasteiger partial charge in [0.2, 0.25) is 0 Å². The Morgan fingerprint density at radius 1 is 0.213 bits per heavy atom. The third kappa shape index (κ3) is 15.4. The molecule has 0 aliphatic rings. The Labute approximate surface area is 437 Å². The Hall–Kier alpha value is -10.2. The van der Waals surface area contributed by atoms with Crippen LogP contribution >= 0.6 is 0 Å². The van der Waals surface area contributed by atoms with Crippen LogP contribution in [0, 0.1) is 0 Å². The molecule has 376 valence electrons. The van der Waals surface area contributed by atoms with E-state index in [4.69, 9.17) is 62.8 Å². The summed E-state index contributed by atoms with van der Waals surface area (Å²) in [5, 5.41) is 0. The van der Waals surface area contributed by atoms with Gasteiger partial charge in [-0.2, -0.15) is 0 Å². The largest absolute Gasteiger partial charge is 0.457 e. The summed E-state index contributed by atoms with van der Waals surface area (Å²) in [5.41, 5.74) is 40.5. The van der Waals surface area contributed by atoms with Crippen LogP contribution in [0.2, 0.25) is 0 Å². The molecule has 0 unspecified atom stereocenters. The Balaban J connectivity index is 0.000000153. The molecule has 12 nitrogen and oxygen atoms in total. The summed E-state index contributed by atoms with van der Waals surface area (Å²) in [6.45, 7) is 4.41. The van der Waals surface area contributed by atoms with Crippen LogP contribution in [0.5, 0.6) is 69.0 Å². The van der Waals surface area contributed by atoms with Crippen molar-refractivity contribution in [3.8, 4) is 69.0 Å². The second-order valence-corrected chi connectivity index (χ2v) is 17.6. The van der Waals surface area contributed by atoms with Crippen molar-refractivity contribution in [1.29, 1.82) is 0 Å². The maximum atomic E-state index is 5.91. The molecule has 0 aliphatic heterocycles. The van der Waals surface area contributed by atoms with Gasteiger partial charge in [-0.05, 0) is 217 Å². The summed E-state index contributed by atoms with van der Waals surface area (Å²) in [7, 11) is 0. The first kappa shape index (κ1) is 51.2. The molecule has 0 saturated heterocycles. The smallest absolute Gasteiger partial charge is 0.131 e. The molecule has 0 bridgehead atoms. The molecule has 0 atom stereocenters. The van der Waals surface area contributed by atoms with Crippen LogP contribution < -0.4 is 62.8 Å². The molecule has 0 spiro atoms. The Kier molecular flexibility index (Phi) is 16.6. The Morgan fingerprint density at radius 2 is 0.373 bits per heavy atom. The van der Waals surface area contributed by atoms with Crippen LogP contribution in [0.3, 0.4) is 0 Å². The highest BCUT2D eigenvalue weighted by Gasteiger charge is 2.23. The second kappa shape index (κ2) is 24.3. The van der Waals surface area contributed by atoms with Crippen molar-refractivity contribution in [1.82, 2.24) is 0 Å². The van der Waals surface area contributed by atoms with E-state index >= 15 is 0 Å². The van der Waals surface area contributed by atoms with Crippen LogP contribution in [0.15, 0.2) is 243 Å². The second-order valence-electron chi connectivity index (χ2n) is 17.6. The summed E-state index contributed by atoms with van der Waals surface area (Å²) in [6, 6.07) is 75.0. The quantitative estimate of drug-likeness (QED) is 0.0562. The van der Waals surface area contributed by atoms with E-state index in [-0.39, 0.29) is 5.41 Å². The zero-order valence-corrected chi connectivity index (χ0v) is 41.5. The zero-order valence-electron chi connectivity index (χ0n) is 41.5. The van der Waals surface area contributed by atoms with E-state index in [9.17, 15) is 0 Å². The maximum absolute atomic E-state index is 5.91. The average molecular weight is 995 g/mol. The molecular formula is C63H58N6O6. The monoisotopic (exact) mass is 994 g/mol. The van der Waals surface area contributed by atoms with Crippen molar-refractivity contribution in [2.75, 3.05) is 34.4 Å². The van der Waals surface area contributed by atoms with Gasteiger partial charge in [-0.25, -0.2) is 0 Å². The summed E-state index contributed by atoms with van der Waals surface area (Å²) in [4.78, 5) is 0. The number of nitrogens with two attached hydrogens (primary N) is 6. The Bertz CT molecular complexity index is 3120. The molecule has 0 amide bonds. The highest BCUT2D eigenvalue weighted by molar-refractivity contribution is 5.50. The minimum atomic E-state index is -0.167. The van der Waals surface area contributed by atoms with Gasteiger partial charge in [-0.1, -0.05) is 44.2 Å². The van der Waals surface area contributed by atoms with Crippen molar-refractivity contribution in [3.05, 3.63) is 254 Å². The lowest BCUT2D eigenvalue weighted by atomic mass is 9.78. The first-order valence-electron chi connectivity index (χ1n) is 23.9. The number of anilines is 6. The molecule has 10 aromatic carbocycles. The van der Waals surface area contributed by atoms with Crippen LogP contribution in [-0.4, -0.2) is 0 Å². The molecule has 0 aromatic heterocycles. The molecule has 12 heteroatoms. The molecule has 0 fully saturated rings. The van der Waals surface area contributed by atoms with E-state index in [1.807, 2.05) is 170 Å². The van der Waals surface area contributed by atoms with Crippen molar-refractivity contribution in [2.45, 2.75) is 19.3 Å². The first-order valence-corrected chi connectivity index (χ1v) is 23.9. The minimum Gasteiger partial charge on any atom is -0.457 e. The fourth-order valence-electron chi connectivity index (χ4n) is 7.25. The van der Waals surface area contributed by atoms with Crippen molar-refractivity contribution in [2.24, 2.45) is 0 Å². The SMILES string of the molecule is CC(C)(c1ccc(Oc2ccc(N)cc2)cc1)c1ccc(Oc2ccc(N)cc2)cc1.Nc1ccc(Oc2ccc(Oc3ccc(N)cc3)cc2)cc1.Nc1ccc(Oc2cccc(Oc3ccc(N)cc3)c2)cc1. The molecule has 10 rings (SSSR count). The maximum Gasteiger partial charge on any atom is 0.131 e. The zero-order chi connectivity index (χ0) is 52.6. The molecule has 0 heterocycles. The van der Waals surface area contributed by atoms with Crippen LogP contribution in [-0.2, 0) is 5.41 Å². The van der Waals surface area contributed by atoms with Gasteiger partial charge in [0.1, 0.15) is 69.0 Å². The summed E-state index contributed by atoms with van der Waals surface area (Å²) in [5.74, 6) is 8.86. The molecule has 75 heavy (non-hydrogen) atoms. The normalized spacial score (nSPS) is 10.6. The highest BCUT2D eigenvalue weighted by Crippen LogP contribution is 2.36. The highest BCUT2D eigenvalue weighted by atomic mass is 16.5. The van der Waals surface area contributed by atoms with Gasteiger partial charge >= 0.3 is 0 Å². The number of rotatable bonds is 14. The predicted molar refractivity (Wildman–Crippen MR) is 303 cm³/mol. The first-order chi connectivity index (χ1) is 36.3. The summed E-state index contributed by atoms with van der Waals surface area (Å²) in [6.07, 6.45) is 0. The average Bonchev–Trinajstić information content (AvgIpc) is 3.42. The Morgan fingerprint density at radius 3 is 0.573 bits per heavy atom. The molecule has 12 N–H and O–H groups in total. The lowest BCUT2D eigenvalue weighted by molar-refractivity contribution is 0.460. The predicted octanol–water partition coefficient (Wildman–Crippen LogP) is 15.6. The van der Waals surface area contributed by atoms with Gasteiger partial charge in [0, 0.05) is 45.6 Å². The molecule has 10 aromatic rings. The lowest BCUT2D eigenvalue weighted by Gasteiger charge is -2.26. The number of nitrogen functional groups attached to an aromatic ring is 6. The van der Waals surface area contributed by atoms with Crippen molar-refractivity contribution in [3.63, 3.8) is 0 Å². The van der Waals surface area contributed by atoms with E-state index < -0.39 is 0 Å². The number of hydrogen-bond acceptors (Lipinski definition) is 12. The fourth-order valence-corrected chi connectivity index (χ4v) is 7.25. The third-order valence-corrected chi connectivity index (χ3v) is 11.5. The topological polar surface area (TPSA) is 212 Å². The van der Waals surface area contributed by atoms with E-state index in [0.717, 1.165) is 57.5 Å². The molecule has 0 saturated carbocycles. The van der Waals surface area contributed by atoms with Gasteiger partial charge in [0.15, 0.2) is 0 Å². The van der Waals surface area contributed by atoms with Crippen molar-refractivity contribution < 1.29 is 28.4 Å². The standard InChI is InChI=1S/C27H26N2O2.2C18H16N2O2/c1-27(2,19-3-11-23(12-4-19)30-25-15-7-21(28)8-16-25)20-5-13-24(14-6-20)31-26-17-9-22(29)10-18-26;19-13-1-5-15(6-2-13)21-17-9-11-18(12-10-17)22-16-7-3-14(20)4-8-16;19-13-4-8-15(9-5-13)21-17-2-1-3-18(12-17)22-16-10-6-14(20)7-11-16/h3-18H,28-29H2,1-2H3;2*1-12H,19-20H2. The summed E-state index contributed by atoms with van der Waals surface area (Å²) < 4.78 is 34.8. The van der Waals surface area contributed by atoms with E-state index in [2.05, 4.69) is 38.1 Å². The summed E-state index contributed by atoms with van der Waals surface area (Å²) >= 11 is 0. The van der Waals surface area contributed by atoms with Gasteiger partial charge in [-0.3, -0.25) is 0 Å². The van der Waals surface area contributed by atoms with Crippen molar-refractivity contribution >= 4 is 34.1 Å². The van der Waals surface area contributed by atoms with Gasteiger partial charge in [-0.15, -0.1) is 0 Å². The van der Waals surface area contributed by atoms with E-state index in [1.165, 1.54) is 11.1 Å². The van der Waals surface area contributed by atoms with Crippen LogP contribution in [0.4, 0.5) is 34.1 Å². The van der Waals surface area contributed by atoms with Crippen LogP contribution in [0.25, 0.3) is 0 Å².